The molecular formula is C18H23NOS. The van der Waals surface area contributed by atoms with E-state index in [1.54, 1.807) is 0 Å². The molecule has 2 aromatic rings. The summed E-state index contributed by atoms with van der Waals surface area (Å²) in [6.45, 7) is 5.05. The molecule has 0 aliphatic carbocycles. The van der Waals surface area contributed by atoms with Crippen LogP contribution in [0.15, 0.2) is 47.4 Å². The average molecular weight is 301 g/mol. The summed E-state index contributed by atoms with van der Waals surface area (Å²) < 4.78 is 5.54. The van der Waals surface area contributed by atoms with Gasteiger partial charge in [0.15, 0.2) is 0 Å². The fourth-order valence-corrected chi connectivity index (χ4v) is 4.07. The Labute approximate surface area is 131 Å². The molecule has 2 aromatic carbocycles. The lowest BCUT2D eigenvalue weighted by Crippen LogP contribution is -2.38. The zero-order chi connectivity index (χ0) is 14.5. The number of fused-ring (bicyclic) bond motifs is 1. The minimum atomic E-state index is 0.550. The first-order valence-electron chi connectivity index (χ1n) is 7.79. The lowest BCUT2D eigenvalue weighted by molar-refractivity contribution is 0.179. The van der Waals surface area contributed by atoms with Gasteiger partial charge in [0.05, 0.1) is 6.61 Å². The van der Waals surface area contributed by atoms with Crippen molar-refractivity contribution in [2.45, 2.75) is 24.3 Å². The van der Waals surface area contributed by atoms with Gasteiger partial charge in [-0.15, -0.1) is 11.8 Å². The first-order valence-corrected chi connectivity index (χ1v) is 8.78. The van der Waals surface area contributed by atoms with Gasteiger partial charge in [0.2, 0.25) is 0 Å². The Hall–Kier alpha value is -1.03. The van der Waals surface area contributed by atoms with Crippen molar-refractivity contribution in [1.82, 2.24) is 5.32 Å². The summed E-state index contributed by atoms with van der Waals surface area (Å²) in [4.78, 5) is 1.36. The number of hydrogen-bond acceptors (Lipinski definition) is 3. The first-order chi connectivity index (χ1) is 10.4. The van der Waals surface area contributed by atoms with Crippen molar-refractivity contribution in [3.63, 3.8) is 0 Å². The Morgan fingerprint density at radius 3 is 2.86 bits per heavy atom. The Morgan fingerprint density at radius 2 is 2.10 bits per heavy atom. The van der Waals surface area contributed by atoms with E-state index in [1.807, 2.05) is 11.8 Å². The molecule has 0 spiro atoms. The van der Waals surface area contributed by atoms with Gasteiger partial charge >= 0.3 is 0 Å². The van der Waals surface area contributed by atoms with Gasteiger partial charge < -0.3 is 10.1 Å². The highest BCUT2D eigenvalue weighted by Gasteiger charge is 2.25. The van der Waals surface area contributed by atoms with Crippen LogP contribution in [0.1, 0.15) is 13.3 Å². The molecule has 1 N–H and O–H groups in total. The molecule has 2 nitrogen and oxygen atoms in total. The molecule has 0 saturated carbocycles. The van der Waals surface area contributed by atoms with Crippen molar-refractivity contribution in [2.75, 3.05) is 25.5 Å². The predicted octanol–water partition coefficient (Wildman–Crippen LogP) is 3.95. The second kappa shape index (κ2) is 7.30. The third-order valence-corrected chi connectivity index (χ3v) is 5.26. The highest BCUT2D eigenvalue weighted by atomic mass is 32.2. The number of ether oxygens (including phenoxy) is 1. The van der Waals surface area contributed by atoms with E-state index in [9.17, 15) is 0 Å². The van der Waals surface area contributed by atoms with Gasteiger partial charge in [-0.3, -0.25) is 0 Å². The molecular weight excluding hydrogens is 278 g/mol. The van der Waals surface area contributed by atoms with Crippen LogP contribution in [0.2, 0.25) is 0 Å². The molecule has 21 heavy (non-hydrogen) atoms. The molecule has 2 atom stereocenters. The van der Waals surface area contributed by atoms with Crippen LogP contribution in [0.5, 0.6) is 0 Å². The summed E-state index contributed by atoms with van der Waals surface area (Å²) in [6.07, 6.45) is 1.19. The minimum absolute atomic E-state index is 0.550. The quantitative estimate of drug-likeness (QED) is 0.816. The van der Waals surface area contributed by atoms with Gasteiger partial charge in [-0.05, 0) is 35.9 Å². The lowest BCUT2D eigenvalue weighted by Gasteiger charge is -2.23. The molecule has 1 saturated heterocycles. The van der Waals surface area contributed by atoms with Gasteiger partial charge in [-0.2, -0.15) is 0 Å². The maximum absolute atomic E-state index is 5.54. The highest BCUT2D eigenvalue weighted by molar-refractivity contribution is 7.99. The number of hydrogen-bond donors (Lipinski definition) is 1. The summed E-state index contributed by atoms with van der Waals surface area (Å²) in [5, 5.41) is 6.27. The molecule has 3 heteroatoms. The highest BCUT2D eigenvalue weighted by Crippen LogP contribution is 2.27. The number of thioether (sulfide) groups is 1. The van der Waals surface area contributed by atoms with Crippen molar-refractivity contribution in [1.29, 1.82) is 0 Å². The third-order valence-electron chi connectivity index (χ3n) is 4.15. The fraction of sp³-hybridized carbons (Fsp3) is 0.444. The minimum Gasteiger partial charge on any atom is -0.381 e. The molecule has 0 amide bonds. The van der Waals surface area contributed by atoms with Crippen molar-refractivity contribution in [2.24, 2.45) is 5.92 Å². The van der Waals surface area contributed by atoms with E-state index in [0.717, 1.165) is 25.5 Å². The fourth-order valence-electron chi connectivity index (χ4n) is 2.94. The van der Waals surface area contributed by atoms with Crippen LogP contribution in [0.3, 0.4) is 0 Å². The van der Waals surface area contributed by atoms with E-state index >= 15 is 0 Å². The summed E-state index contributed by atoms with van der Waals surface area (Å²) in [5.74, 6) is 1.78. The zero-order valence-electron chi connectivity index (χ0n) is 12.5. The smallest absolute Gasteiger partial charge is 0.0510 e. The summed E-state index contributed by atoms with van der Waals surface area (Å²) >= 11 is 1.95. The second-order valence-corrected chi connectivity index (χ2v) is 6.70. The molecule has 1 aliphatic rings. The maximum atomic E-state index is 5.54. The number of nitrogens with one attached hydrogen (secondary N) is 1. The van der Waals surface area contributed by atoms with Gasteiger partial charge in [0.25, 0.3) is 0 Å². The Kier molecular flexibility index (Phi) is 5.17. The number of benzene rings is 2. The zero-order valence-corrected chi connectivity index (χ0v) is 13.4. The second-order valence-electron chi connectivity index (χ2n) is 5.61. The van der Waals surface area contributed by atoms with Crippen LogP contribution in [-0.4, -0.2) is 31.6 Å². The largest absolute Gasteiger partial charge is 0.381 e. The average Bonchev–Trinajstić information content (AvgIpc) is 3.05. The van der Waals surface area contributed by atoms with Crippen molar-refractivity contribution in [3.8, 4) is 0 Å². The van der Waals surface area contributed by atoms with Crippen LogP contribution in [-0.2, 0) is 4.74 Å². The molecule has 1 aliphatic heterocycles. The Morgan fingerprint density at radius 1 is 1.24 bits per heavy atom. The van der Waals surface area contributed by atoms with Gasteiger partial charge in [-0.25, -0.2) is 0 Å². The first kappa shape index (κ1) is 14.9. The summed E-state index contributed by atoms with van der Waals surface area (Å²) in [7, 11) is 0. The van der Waals surface area contributed by atoms with Crippen LogP contribution >= 0.6 is 11.8 Å². The summed E-state index contributed by atoms with van der Waals surface area (Å²) in [6, 6.07) is 15.9. The third kappa shape index (κ3) is 3.79. The molecule has 2 unspecified atom stereocenters. The number of rotatable bonds is 6. The molecule has 1 heterocycles. The van der Waals surface area contributed by atoms with Gasteiger partial charge in [0, 0.05) is 29.2 Å². The van der Waals surface area contributed by atoms with E-state index < -0.39 is 0 Å². The van der Waals surface area contributed by atoms with E-state index in [-0.39, 0.29) is 0 Å². The van der Waals surface area contributed by atoms with Crippen molar-refractivity contribution < 1.29 is 4.74 Å². The molecule has 112 valence electrons. The Balaban J connectivity index is 1.65. The summed E-state index contributed by atoms with van der Waals surface area (Å²) in [5.41, 5.74) is 0. The van der Waals surface area contributed by atoms with E-state index in [0.29, 0.717) is 12.0 Å². The van der Waals surface area contributed by atoms with Crippen molar-refractivity contribution >= 4 is 22.5 Å². The maximum Gasteiger partial charge on any atom is 0.0510 e. The Bertz CT molecular complexity index is 580. The SMILES string of the molecule is CCNC(CSc1ccc2ccccc2c1)C1CCOC1. The van der Waals surface area contributed by atoms with E-state index in [2.05, 4.69) is 54.7 Å². The molecule has 0 bridgehead atoms. The predicted molar refractivity (Wildman–Crippen MR) is 91.1 cm³/mol. The van der Waals surface area contributed by atoms with Crippen LogP contribution < -0.4 is 5.32 Å². The van der Waals surface area contributed by atoms with Crippen LogP contribution in [0, 0.1) is 5.92 Å². The topological polar surface area (TPSA) is 21.3 Å². The van der Waals surface area contributed by atoms with Gasteiger partial charge in [-0.1, -0.05) is 37.3 Å². The normalized spacial score (nSPS) is 20.0. The lowest BCUT2D eigenvalue weighted by atomic mass is 10.0. The molecule has 0 aromatic heterocycles. The molecule has 1 fully saturated rings. The van der Waals surface area contributed by atoms with E-state index in [1.165, 1.54) is 22.1 Å². The monoisotopic (exact) mass is 301 g/mol. The van der Waals surface area contributed by atoms with E-state index in [4.69, 9.17) is 4.74 Å². The van der Waals surface area contributed by atoms with Gasteiger partial charge in [0.1, 0.15) is 0 Å². The molecule has 3 rings (SSSR count). The molecule has 0 radical (unpaired) electrons. The standard InChI is InChI=1S/C18H23NOS/c1-2-19-18(16-9-10-20-12-16)13-21-17-8-7-14-5-3-4-6-15(14)11-17/h3-8,11,16,18-19H,2,9-10,12-13H2,1H3. The van der Waals surface area contributed by atoms with Crippen LogP contribution in [0.25, 0.3) is 10.8 Å². The van der Waals surface area contributed by atoms with Crippen LogP contribution in [0.4, 0.5) is 0 Å². The van der Waals surface area contributed by atoms with Crippen molar-refractivity contribution in [3.05, 3.63) is 42.5 Å².